The molecule has 102 valence electrons. The molecule has 1 N–H and O–H groups in total. The van der Waals surface area contributed by atoms with Gasteiger partial charge in [-0.1, -0.05) is 19.3 Å². The van der Waals surface area contributed by atoms with Crippen LogP contribution in [0.3, 0.4) is 0 Å². The van der Waals surface area contributed by atoms with Gasteiger partial charge in [0.25, 0.3) is 0 Å². The normalized spacial score (nSPS) is 17.5. The van der Waals surface area contributed by atoms with Crippen molar-refractivity contribution >= 4 is 11.3 Å². The van der Waals surface area contributed by atoms with Gasteiger partial charge in [0.15, 0.2) is 0 Å². The zero-order valence-electron chi connectivity index (χ0n) is 11.6. The highest BCUT2D eigenvalue weighted by Crippen LogP contribution is 2.17. The van der Waals surface area contributed by atoms with Crippen molar-refractivity contribution in [3.63, 3.8) is 0 Å². The molecule has 0 amide bonds. The highest BCUT2D eigenvalue weighted by atomic mass is 32.1. The molecule has 0 unspecified atom stereocenters. The Bertz CT molecular complexity index is 345. The molecule has 0 atom stereocenters. The summed E-state index contributed by atoms with van der Waals surface area (Å²) in [6.45, 7) is 5.36. The van der Waals surface area contributed by atoms with Crippen molar-refractivity contribution in [2.75, 3.05) is 20.1 Å². The van der Waals surface area contributed by atoms with E-state index in [1.54, 1.807) is 11.3 Å². The van der Waals surface area contributed by atoms with Crippen LogP contribution in [0.1, 0.15) is 42.7 Å². The van der Waals surface area contributed by atoms with E-state index in [1.165, 1.54) is 42.7 Å². The standard InChI is InChI=1S/C14H25N3S/c1-12-14(18-11-16-12)10-17(2)9-8-15-13-6-4-3-5-7-13/h11,13,15H,3-10H2,1-2H3. The molecule has 1 aromatic heterocycles. The summed E-state index contributed by atoms with van der Waals surface area (Å²) < 4.78 is 0. The smallest absolute Gasteiger partial charge is 0.0798 e. The Kier molecular flexibility index (Phi) is 5.60. The molecule has 2 rings (SSSR count). The molecule has 0 aliphatic heterocycles. The van der Waals surface area contributed by atoms with E-state index in [-0.39, 0.29) is 0 Å². The van der Waals surface area contributed by atoms with Crippen LogP contribution in [0.5, 0.6) is 0 Å². The average Bonchev–Trinajstić information content (AvgIpc) is 2.76. The van der Waals surface area contributed by atoms with Crippen molar-refractivity contribution < 1.29 is 0 Å². The highest BCUT2D eigenvalue weighted by molar-refractivity contribution is 7.09. The van der Waals surface area contributed by atoms with Gasteiger partial charge in [0, 0.05) is 30.6 Å². The molecular weight excluding hydrogens is 242 g/mol. The quantitative estimate of drug-likeness (QED) is 0.859. The van der Waals surface area contributed by atoms with E-state index in [9.17, 15) is 0 Å². The number of thiazole rings is 1. The molecule has 0 aromatic carbocycles. The minimum Gasteiger partial charge on any atom is -0.313 e. The van der Waals surface area contributed by atoms with Gasteiger partial charge in [-0.2, -0.15) is 0 Å². The predicted molar refractivity (Wildman–Crippen MR) is 78.1 cm³/mol. The lowest BCUT2D eigenvalue weighted by Crippen LogP contribution is -2.36. The van der Waals surface area contributed by atoms with Crippen molar-refractivity contribution in [2.24, 2.45) is 0 Å². The zero-order chi connectivity index (χ0) is 12.8. The fourth-order valence-electron chi connectivity index (χ4n) is 2.57. The second-order valence-corrected chi connectivity index (χ2v) is 6.33. The molecule has 1 saturated carbocycles. The Labute approximate surface area is 115 Å². The van der Waals surface area contributed by atoms with Gasteiger partial charge >= 0.3 is 0 Å². The SMILES string of the molecule is Cc1ncsc1CN(C)CCNC1CCCCC1. The molecule has 3 nitrogen and oxygen atoms in total. The van der Waals surface area contributed by atoms with Crippen molar-refractivity contribution in [1.29, 1.82) is 0 Å². The third kappa shape index (κ3) is 4.34. The van der Waals surface area contributed by atoms with Gasteiger partial charge in [-0.15, -0.1) is 11.3 Å². The second-order valence-electron chi connectivity index (χ2n) is 5.39. The summed E-state index contributed by atoms with van der Waals surface area (Å²) >= 11 is 1.77. The summed E-state index contributed by atoms with van der Waals surface area (Å²) in [6, 6.07) is 0.775. The van der Waals surface area contributed by atoms with Crippen LogP contribution in [-0.2, 0) is 6.54 Å². The van der Waals surface area contributed by atoms with Crippen LogP contribution in [-0.4, -0.2) is 36.1 Å². The topological polar surface area (TPSA) is 28.2 Å². The molecule has 1 heterocycles. The van der Waals surface area contributed by atoms with Crippen LogP contribution in [0, 0.1) is 6.92 Å². The number of nitrogens with zero attached hydrogens (tertiary/aromatic N) is 2. The van der Waals surface area contributed by atoms with Crippen LogP contribution in [0.2, 0.25) is 0 Å². The van der Waals surface area contributed by atoms with E-state index in [4.69, 9.17) is 0 Å². The summed E-state index contributed by atoms with van der Waals surface area (Å²) in [5.74, 6) is 0. The molecule has 1 aromatic rings. The summed E-state index contributed by atoms with van der Waals surface area (Å²) in [5, 5.41) is 3.69. The molecule has 1 fully saturated rings. The minimum atomic E-state index is 0.775. The first kappa shape index (κ1) is 14.0. The molecule has 0 saturated heterocycles. The molecule has 1 aliphatic carbocycles. The Morgan fingerprint density at radius 3 is 2.83 bits per heavy atom. The lowest BCUT2D eigenvalue weighted by molar-refractivity contribution is 0.302. The first-order valence-electron chi connectivity index (χ1n) is 7.06. The fraction of sp³-hybridized carbons (Fsp3) is 0.786. The Hall–Kier alpha value is -0.450. The van der Waals surface area contributed by atoms with Crippen LogP contribution in [0.25, 0.3) is 0 Å². The third-order valence-electron chi connectivity index (χ3n) is 3.79. The van der Waals surface area contributed by atoms with Gasteiger partial charge in [-0.25, -0.2) is 4.98 Å². The van der Waals surface area contributed by atoms with Gasteiger partial charge in [0.2, 0.25) is 0 Å². The Balaban J connectivity index is 1.62. The molecule has 0 bridgehead atoms. The van der Waals surface area contributed by atoms with Gasteiger partial charge in [0.1, 0.15) is 0 Å². The van der Waals surface area contributed by atoms with Crippen LogP contribution in [0.15, 0.2) is 5.51 Å². The third-order valence-corrected chi connectivity index (χ3v) is 4.71. The summed E-state index contributed by atoms with van der Waals surface area (Å²) in [7, 11) is 2.20. The van der Waals surface area contributed by atoms with Crippen LogP contribution < -0.4 is 5.32 Å². The zero-order valence-corrected chi connectivity index (χ0v) is 12.4. The van der Waals surface area contributed by atoms with Gasteiger partial charge < -0.3 is 5.32 Å². The summed E-state index contributed by atoms with van der Waals surface area (Å²) in [5.41, 5.74) is 3.13. The van der Waals surface area contributed by atoms with Crippen molar-refractivity contribution in [3.8, 4) is 0 Å². The van der Waals surface area contributed by atoms with E-state index < -0.39 is 0 Å². The molecule has 1 aliphatic rings. The monoisotopic (exact) mass is 267 g/mol. The molecule has 18 heavy (non-hydrogen) atoms. The Morgan fingerprint density at radius 1 is 1.39 bits per heavy atom. The Morgan fingerprint density at radius 2 is 2.17 bits per heavy atom. The first-order chi connectivity index (χ1) is 8.75. The number of aryl methyl sites for hydroxylation is 1. The molecule has 0 radical (unpaired) electrons. The molecule has 0 spiro atoms. The maximum atomic E-state index is 4.30. The van der Waals surface area contributed by atoms with Gasteiger partial charge in [-0.05, 0) is 26.8 Å². The van der Waals surface area contributed by atoms with Gasteiger partial charge in [-0.3, -0.25) is 4.90 Å². The lowest BCUT2D eigenvalue weighted by atomic mass is 9.95. The van der Waals surface area contributed by atoms with Crippen molar-refractivity contribution in [3.05, 3.63) is 16.1 Å². The summed E-state index contributed by atoms with van der Waals surface area (Å²) in [4.78, 5) is 8.08. The number of rotatable bonds is 6. The van der Waals surface area contributed by atoms with E-state index in [0.29, 0.717) is 0 Å². The molecule has 4 heteroatoms. The van der Waals surface area contributed by atoms with E-state index >= 15 is 0 Å². The van der Waals surface area contributed by atoms with E-state index in [0.717, 1.165) is 25.7 Å². The number of likely N-dealkylation sites (N-methyl/N-ethyl adjacent to an activating group) is 1. The number of hydrogen-bond acceptors (Lipinski definition) is 4. The predicted octanol–water partition coefficient (Wildman–Crippen LogP) is 2.81. The minimum absolute atomic E-state index is 0.775. The maximum Gasteiger partial charge on any atom is 0.0798 e. The van der Waals surface area contributed by atoms with Gasteiger partial charge in [0.05, 0.1) is 11.2 Å². The second kappa shape index (κ2) is 7.22. The lowest BCUT2D eigenvalue weighted by Gasteiger charge is -2.24. The van der Waals surface area contributed by atoms with Crippen molar-refractivity contribution in [2.45, 2.75) is 51.6 Å². The summed E-state index contributed by atoms with van der Waals surface area (Å²) in [6.07, 6.45) is 7.00. The number of nitrogens with one attached hydrogen (secondary N) is 1. The largest absolute Gasteiger partial charge is 0.313 e. The van der Waals surface area contributed by atoms with Crippen LogP contribution in [0.4, 0.5) is 0 Å². The maximum absolute atomic E-state index is 4.30. The molecular formula is C14H25N3S. The van der Waals surface area contributed by atoms with E-state index in [1.807, 2.05) is 5.51 Å². The van der Waals surface area contributed by atoms with Crippen LogP contribution >= 0.6 is 11.3 Å². The van der Waals surface area contributed by atoms with Crippen molar-refractivity contribution in [1.82, 2.24) is 15.2 Å². The van der Waals surface area contributed by atoms with E-state index in [2.05, 4.69) is 29.2 Å². The number of hydrogen-bond donors (Lipinski definition) is 1. The fourth-order valence-corrected chi connectivity index (χ4v) is 3.42. The highest BCUT2D eigenvalue weighted by Gasteiger charge is 2.12. The average molecular weight is 267 g/mol. The first-order valence-corrected chi connectivity index (χ1v) is 7.94. The number of aromatic nitrogens is 1.